The summed E-state index contributed by atoms with van der Waals surface area (Å²) in [6.45, 7) is 0.521. The largest absolute Gasteiger partial charge is 0.484 e. The lowest BCUT2D eigenvalue weighted by molar-refractivity contribution is 0.191. The molecule has 0 aliphatic rings. The van der Waals surface area contributed by atoms with Gasteiger partial charge in [-0.05, 0) is 31.5 Å². The van der Waals surface area contributed by atoms with Crippen LogP contribution < -0.4 is 10.5 Å². The number of benzene rings is 1. The Balaban J connectivity index is 2.28. The van der Waals surface area contributed by atoms with Gasteiger partial charge in [0.2, 0.25) is 0 Å². The topological polar surface area (TPSA) is 72.2 Å². The molecule has 0 amide bonds. The van der Waals surface area contributed by atoms with Crippen LogP contribution in [-0.2, 0) is 0 Å². The Morgan fingerprint density at radius 2 is 2.29 bits per heavy atom. The van der Waals surface area contributed by atoms with Gasteiger partial charge in [0.05, 0.1) is 23.1 Å². The minimum Gasteiger partial charge on any atom is -0.484 e. The summed E-state index contributed by atoms with van der Waals surface area (Å²) in [4.78, 5) is 0. The Hall–Kier alpha value is -2.03. The van der Waals surface area contributed by atoms with Crippen LogP contribution in [0.2, 0.25) is 5.02 Å². The maximum Gasteiger partial charge on any atom is 0.143 e. The zero-order valence-corrected chi connectivity index (χ0v) is 11.9. The van der Waals surface area contributed by atoms with E-state index in [1.165, 1.54) is 12.3 Å². The van der Waals surface area contributed by atoms with Crippen molar-refractivity contribution < 1.29 is 13.5 Å². The first-order valence-electron chi connectivity index (χ1n) is 6.43. The number of halogens is 2. The molecule has 0 spiro atoms. The van der Waals surface area contributed by atoms with Gasteiger partial charge in [-0.25, -0.2) is 4.39 Å². The SMILES string of the molecule is N#Cc1cc(F)c(Cl)cc1O[C@H](CCCN)c1ccoc1. The summed E-state index contributed by atoms with van der Waals surface area (Å²) in [7, 11) is 0. The predicted molar refractivity (Wildman–Crippen MR) is 76.5 cm³/mol. The third-order valence-electron chi connectivity index (χ3n) is 3.00. The monoisotopic (exact) mass is 308 g/mol. The highest BCUT2D eigenvalue weighted by atomic mass is 35.5. The Bertz CT molecular complexity index is 638. The van der Waals surface area contributed by atoms with Crippen molar-refractivity contribution in [1.29, 1.82) is 5.26 Å². The number of hydrogen-bond acceptors (Lipinski definition) is 4. The van der Waals surface area contributed by atoms with Crippen LogP contribution in [0, 0.1) is 17.1 Å². The van der Waals surface area contributed by atoms with Crippen molar-refractivity contribution in [2.24, 2.45) is 5.73 Å². The van der Waals surface area contributed by atoms with E-state index in [2.05, 4.69) is 0 Å². The van der Waals surface area contributed by atoms with Gasteiger partial charge in [0.15, 0.2) is 0 Å². The van der Waals surface area contributed by atoms with Crippen LogP contribution in [0.4, 0.5) is 4.39 Å². The summed E-state index contributed by atoms with van der Waals surface area (Å²) in [5, 5.41) is 8.99. The second-order valence-electron chi connectivity index (χ2n) is 4.47. The number of furan rings is 1. The molecule has 110 valence electrons. The third-order valence-corrected chi connectivity index (χ3v) is 3.29. The molecule has 6 heteroatoms. The lowest BCUT2D eigenvalue weighted by Crippen LogP contribution is -2.10. The maximum absolute atomic E-state index is 13.4. The normalized spacial score (nSPS) is 11.9. The molecule has 0 aliphatic heterocycles. The van der Waals surface area contributed by atoms with E-state index in [1.807, 2.05) is 6.07 Å². The van der Waals surface area contributed by atoms with Crippen molar-refractivity contribution in [1.82, 2.24) is 0 Å². The molecule has 1 heterocycles. The first-order valence-corrected chi connectivity index (χ1v) is 6.81. The van der Waals surface area contributed by atoms with Crippen molar-refractivity contribution in [3.63, 3.8) is 0 Å². The highest BCUT2D eigenvalue weighted by Gasteiger charge is 2.18. The first-order chi connectivity index (χ1) is 10.2. The molecule has 2 rings (SSSR count). The molecule has 4 nitrogen and oxygen atoms in total. The Morgan fingerprint density at radius 1 is 1.48 bits per heavy atom. The van der Waals surface area contributed by atoms with Crippen LogP contribution in [0.1, 0.15) is 30.1 Å². The average Bonchev–Trinajstić information content (AvgIpc) is 3.00. The van der Waals surface area contributed by atoms with Crippen LogP contribution in [0.25, 0.3) is 0 Å². The Kier molecular flexibility index (Phi) is 5.20. The molecule has 0 aliphatic carbocycles. The third kappa shape index (κ3) is 3.75. The molecule has 0 saturated heterocycles. The van der Waals surface area contributed by atoms with Gasteiger partial charge in [-0.15, -0.1) is 0 Å². The van der Waals surface area contributed by atoms with Crippen LogP contribution in [0.15, 0.2) is 35.1 Å². The van der Waals surface area contributed by atoms with Gasteiger partial charge < -0.3 is 14.9 Å². The molecular weight excluding hydrogens is 295 g/mol. The predicted octanol–water partition coefficient (Wildman–Crippen LogP) is 3.80. The molecular formula is C15H14ClFN2O2. The number of nitrogens with two attached hydrogens (primary N) is 1. The van der Waals surface area contributed by atoms with E-state index in [9.17, 15) is 4.39 Å². The zero-order chi connectivity index (χ0) is 15.2. The van der Waals surface area contributed by atoms with Crippen molar-refractivity contribution in [3.05, 3.63) is 52.7 Å². The van der Waals surface area contributed by atoms with Gasteiger partial charge in [0.1, 0.15) is 23.7 Å². The minimum atomic E-state index is -0.651. The van der Waals surface area contributed by atoms with Crippen molar-refractivity contribution in [3.8, 4) is 11.8 Å². The summed E-state index contributed by atoms with van der Waals surface area (Å²) in [6.07, 6.45) is 4.17. The molecule has 1 atom stereocenters. The summed E-state index contributed by atoms with van der Waals surface area (Å²) < 4.78 is 24.3. The average molecular weight is 309 g/mol. The van der Waals surface area contributed by atoms with Crippen LogP contribution in [-0.4, -0.2) is 6.54 Å². The number of rotatable bonds is 6. The fraction of sp³-hybridized carbons (Fsp3) is 0.267. The molecule has 1 aromatic carbocycles. The number of nitrogens with zero attached hydrogens (tertiary/aromatic N) is 1. The zero-order valence-electron chi connectivity index (χ0n) is 11.2. The lowest BCUT2D eigenvalue weighted by Gasteiger charge is -2.18. The van der Waals surface area contributed by atoms with Gasteiger partial charge >= 0.3 is 0 Å². The van der Waals surface area contributed by atoms with Crippen molar-refractivity contribution in [2.75, 3.05) is 6.54 Å². The highest BCUT2D eigenvalue weighted by Crippen LogP contribution is 2.31. The minimum absolute atomic E-state index is 0.0891. The number of hydrogen-bond donors (Lipinski definition) is 1. The highest BCUT2D eigenvalue weighted by molar-refractivity contribution is 6.30. The standard InChI is InChI=1S/C15H14ClFN2O2/c16-12-7-15(11(8-19)6-13(12)17)21-14(2-1-4-18)10-3-5-20-9-10/h3,5-7,9,14H,1-2,4,18H2/t14-/m1/s1. The molecule has 2 aromatic rings. The summed E-state index contributed by atoms with van der Waals surface area (Å²) in [6, 6.07) is 6.05. The number of ether oxygens (including phenoxy) is 1. The van der Waals surface area contributed by atoms with Gasteiger partial charge in [0, 0.05) is 11.6 Å². The molecule has 2 N–H and O–H groups in total. The van der Waals surface area contributed by atoms with Gasteiger partial charge in [-0.3, -0.25) is 0 Å². The van der Waals surface area contributed by atoms with E-state index in [0.29, 0.717) is 13.0 Å². The van der Waals surface area contributed by atoms with E-state index in [0.717, 1.165) is 18.1 Å². The molecule has 0 radical (unpaired) electrons. The Morgan fingerprint density at radius 3 is 2.90 bits per heavy atom. The van der Waals surface area contributed by atoms with Gasteiger partial charge in [-0.1, -0.05) is 11.6 Å². The molecule has 1 aromatic heterocycles. The maximum atomic E-state index is 13.4. The van der Waals surface area contributed by atoms with Crippen LogP contribution in [0.5, 0.6) is 5.75 Å². The first kappa shape index (κ1) is 15.4. The second-order valence-corrected chi connectivity index (χ2v) is 4.88. The van der Waals surface area contributed by atoms with Gasteiger partial charge in [0.25, 0.3) is 0 Å². The fourth-order valence-corrected chi connectivity index (χ4v) is 2.08. The second kappa shape index (κ2) is 7.11. The summed E-state index contributed by atoms with van der Waals surface area (Å²) in [5.74, 6) is -0.408. The van der Waals surface area contributed by atoms with E-state index in [4.69, 9.17) is 31.8 Å². The molecule has 0 bridgehead atoms. The van der Waals surface area contributed by atoms with E-state index in [-0.39, 0.29) is 22.4 Å². The van der Waals surface area contributed by atoms with Crippen LogP contribution in [0.3, 0.4) is 0 Å². The van der Waals surface area contributed by atoms with Crippen LogP contribution >= 0.6 is 11.6 Å². The van der Waals surface area contributed by atoms with Gasteiger partial charge in [-0.2, -0.15) is 5.26 Å². The van der Waals surface area contributed by atoms with Crippen molar-refractivity contribution >= 4 is 11.6 Å². The number of nitriles is 1. The van der Waals surface area contributed by atoms with Crippen molar-refractivity contribution in [2.45, 2.75) is 18.9 Å². The van der Waals surface area contributed by atoms with E-state index in [1.54, 1.807) is 12.3 Å². The van der Waals surface area contributed by atoms with E-state index >= 15 is 0 Å². The van der Waals surface area contributed by atoms with E-state index < -0.39 is 5.82 Å². The Labute approximate surface area is 126 Å². The molecule has 21 heavy (non-hydrogen) atoms. The molecule has 0 unspecified atom stereocenters. The smallest absolute Gasteiger partial charge is 0.143 e. The summed E-state index contributed by atoms with van der Waals surface area (Å²) in [5.41, 5.74) is 6.44. The summed E-state index contributed by atoms with van der Waals surface area (Å²) >= 11 is 5.75. The molecule has 0 saturated carbocycles. The lowest BCUT2D eigenvalue weighted by atomic mass is 10.1. The molecule has 0 fully saturated rings. The quantitative estimate of drug-likeness (QED) is 0.881. The fourth-order valence-electron chi connectivity index (χ4n) is 1.92.